The topological polar surface area (TPSA) is 67.8 Å². The van der Waals surface area contributed by atoms with E-state index in [2.05, 4.69) is 20.6 Å². The van der Waals surface area contributed by atoms with E-state index < -0.39 is 11.9 Å². The molecular formula is C16H26F3IN4O2S. The van der Waals surface area contributed by atoms with E-state index in [1.54, 1.807) is 7.05 Å². The number of halogens is 4. The van der Waals surface area contributed by atoms with Crippen LogP contribution in [-0.2, 0) is 22.1 Å². The van der Waals surface area contributed by atoms with Crippen molar-refractivity contribution in [3.63, 3.8) is 0 Å². The maximum absolute atomic E-state index is 12.5. The normalized spacial score (nSPS) is 17.6. The predicted molar refractivity (Wildman–Crippen MR) is 110 cm³/mol. The fourth-order valence-corrected chi connectivity index (χ4v) is 3.22. The van der Waals surface area contributed by atoms with Crippen molar-refractivity contribution in [2.45, 2.75) is 25.4 Å². The lowest BCUT2D eigenvalue weighted by molar-refractivity contribution is -0.140. The summed E-state index contributed by atoms with van der Waals surface area (Å²) in [6.07, 6.45) is -2.06. The molecule has 27 heavy (non-hydrogen) atoms. The van der Waals surface area contributed by atoms with Gasteiger partial charge in [0.2, 0.25) is 0 Å². The summed E-state index contributed by atoms with van der Waals surface area (Å²) >= 11 is 1.02. The van der Waals surface area contributed by atoms with E-state index in [9.17, 15) is 13.2 Å². The van der Waals surface area contributed by atoms with Crippen molar-refractivity contribution in [1.82, 2.24) is 15.6 Å². The first-order valence-electron chi connectivity index (χ1n) is 8.60. The van der Waals surface area contributed by atoms with Crippen LogP contribution in [0.15, 0.2) is 10.4 Å². The molecule has 0 saturated carbocycles. The average molecular weight is 522 g/mol. The molecule has 1 saturated heterocycles. The maximum Gasteiger partial charge on any atom is 0.434 e. The van der Waals surface area contributed by atoms with Crippen LogP contribution < -0.4 is 10.6 Å². The van der Waals surface area contributed by atoms with E-state index in [-0.39, 0.29) is 24.0 Å². The number of alkyl halides is 3. The highest BCUT2D eigenvalue weighted by Crippen LogP contribution is 2.29. The summed E-state index contributed by atoms with van der Waals surface area (Å²) in [5, 5.41) is 7.71. The molecule has 1 fully saturated rings. The molecule has 2 rings (SSSR count). The lowest BCUT2D eigenvalue weighted by Gasteiger charge is -2.12. The van der Waals surface area contributed by atoms with Gasteiger partial charge in [-0.1, -0.05) is 0 Å². The number of aromatic nitrogens is 1. The van der Waals surface area contributed by atoms with Crippen molar-refractivity contribution in [1.29, 1.82) is 0 Å². The minimum Gasteiger partial charge on any atom is -0.381 e. The Hall–Kier alpha value is -0.660. The molecule has 1 unspecified atom stereocenters. The number of rotatable bonds is 9. The number of ether oxygens (including phenoxy) is 2. The van der Waals surface area contributed by atoms with Crippen LogP contribution in [0.3, 0.4) is 0 Å². The number of hydrogen-bond donors (Lipinski definition) is 2. The summed E-state index contributed by atoms with van der Waals surface area (Å²) in [5.74, 6) is 1.13. The molecule has 1 aromatic rings. The zero-order valence-corrected chi connectivity index (χ0v) is 18.3. The third kappa shape index (κ3) is 9.39. The van der Waals surface area contributed by atoms with E-state index in [1.165, 1.54) is 0 Å². The van der Waals surface area contributed by atoms with Gasteiger partial charge in [0.15, 0.2) is 11.7 Å². The molecule has 156 valence electrons. The van der Waals surface area contributed by atoms with Crippen LogP contribution in [0.2, 0.25) is 0 Å². The zero-order valence-electron chi connectivity index (χ0n) is 15.2. The minimum absolute atomic E-state index is 0. The summed E-state index contributed by atoms with van der Waals surface area (Å²) in [4.78, 5) is 7.69. The SMILES string of the molecule is CN=C(NCCCOCC1CCOC1)NCCc1nc(C(F)(F)F)cs1.I. The maximum atomic E-state index is 12.5. The summed E-state index contributed by atoms with van der Waals surface area (Å²) < 4.78 is 48.4. The van der Waals surface area contributed by atoms with Crippen LogP contribution in [0.1, 0.15) is 23.5 Å². The molecule has 0 aliphatic carbocycles. The van der Waals surface area contributed by atoms with Crippen molar-refractivity contribution in [3.8, 4) is 0 Å². The Morgan fingerprint density at radius 1 is 1.41 bits per heavy atom. The molecular weight excluding hydrogens is 496 g/mol. The van der Waals surface area contributed by atoms with Crippen LogP contribution in [0.4, 0.5) is 13.2 Å². The number of guanidine groups is 1. The fourth-order valence-electron chi connectivity index (χ4n) is 2.41. The third-order valence-electron chi connectivity index (χ3n) is 3.83. The second kappa shape index (κ2) is 12.7. The molecule has 0 bridgehead atoms. The first-order valence-corrected chi connectivity index (χ1v) is 9.48. The molecule has 1 atom stereocenters. The smallest absolute Gasteiger partial charge is 0.381 e. The molecule has 1 aliphatic heterocycles. The van der Waals surface area contributed by atoms with Crippen molar-refractivity contribution in [3.05, 3.63) is 16.1 Å². The molecule has 1 aliphatic rings. The van der Waals surface area contributed by atoms with Crippen molar-refractivity contribution >= 4 is 41.3 Å². The quantitative estimate of drug-likeness (QED) is 0.226. The van der Waals surface area contributed by atoms with Crippen molar-refractivity contribution < 1.29 is 22.6 Å². The molecule has 11 heteroatoms. The molecule has 0 radical (unpaired) electrons. The molecule has 6 nitrogen and oxygen atoms in total. The Kier molecular flexibility index (Phi) is 11.5. The largest absolute Gasteiger partial charge is 0.434 e. The molecule has 0 spiro atoms. The van der Waals surface area contributed by atoms with Gasteiger partial charge in [0.25, 0.3) is 0 Å². The number of aliphatic imine (C=N–C) groups is 1. The van der Waals surface area contributed by atoms with Gasteiger partial charge in [-0.2, -0.15) is 13.2 Å². The van der Waals surface area contributed by atoms with E-state index in [0.29, 0.717) is 43.0 Å². The van der Waals surface area contributed by atoms with Crippen LogP contribution in [0, 0.1) is 5.92 Å². The minimum atomic E-state index is -4.38. The zero-order chi connectivity index (χ0) is 18.8. The monoisotopic (exact) mass is 522 g/mol. The Morgan fingerprint density at radius 2 is 2.19 bits per heavy atom. The van der Waals surface area contributed by atoms with Crippen LogP contribution >= 0.6 is 35.3 Å². The van der Waals surface area contributed by atoms with Gasteiger partial charge in [0, 0.05) is 51.1 Å². The molecule has 2 N–H and O–H groups in total. The Morgan fingerprint density at radius 3 is 2.81 bits per heavy atom. The van der Waals surface area contributed by atoms with E-state index in [4.69, 9.17) is 9.47 Å². The van der Waals surface area contributed by atoms with Crippen LogP contribution in [0.5, 0.6) is 0 Å². The third-order valence-corrected chi connectivity index (χ3v) is 4.74. The number of nitrogens with zero attached hydrogens (tertiary/aromatic N) is 2. The standard InChI is InChI=1S/C16H25F3N4O2S.HI/c1-20-15(21-5-2-7-24-9-12-4-8-25-10-12)22-6-3-14-23-13(11-26-14)16(17,18)19;/h11-12H,2-10H2,1H3,(H2,20,21,22);1H. The van der Waals surface area contributed by atoms with Gasteiger partial charge in [-0.25, -0.2) is 4.98 Å². The van der Waals surface area contributed by atoms with E-state index in [0.717, 1.165) is 49.4 Å². The van der Waals surface area contributed by atoms with Gasteiger partial charge < -0.3 is 20.1 Å². The Labute approximate surface area is 178 Å². The average Bonchev–Trinajstić information content (AvgIpc) is 3.27. The second-order valence-corrected chi connectivity index (χ2v) is 6.90. The van der Waals surface area contributed by atoms with Crippen LogP contribution in [0.25, 0.3) is 0 Å². The molecule has 0 aromatic carbocycles. The Balaban J connectivity index is 0.00000364. The highest BCUT2D eigenvalue weighted by molar-refractivity contribution is 14.0. The summed E-state index contributed by atoms with van der Waals surface area (Å²) in [6.45, 7) is 4.19. The fraction of sp³-hybridized carbons (Fsp3) is 0.750. The van der Waals surface area contributed by atoms with Crippen LogP contribution in [-0.4, -0.2) is 57.5 Å². The highest BCUT2D eigenvalue weighted by Gasteiger charge is 2.33. The molecule has 2 heterocycles. The van der Waals surface area contributed by atoms with E-state index >= 15 is 0 Å². The number of hydrogen-bond acceptors (Lipinski definition) is 5. The van der Waals surface area contributed by atoms with Gasteiger partial charge in [0.05, 0.1) is 18.2 Å². The number of thiazole rings is 1. The van der Waals surface area contributed by atoms with Crippen molar-refractivity contribution in [2.75, 3.05) is 46.6 Å². The predicted octanol–water partition coefficient (Wildman–Crippen LogP) is 2.93. The van der Waals surface area contributed by atoms with Gasteiger partial charge in [-0.05, 0) is 12.8 Å². The van der Waals surface area contributed by atoms with Gasteiger partial charge in [0.1, 0.15) is 0 Å². The summed E-state index contributed by atoms with van der Waals surface area (Å²) in [7, 11) is 1.65. The first-order chi connectivity index (χ1) is 12.5. The van der Waals surface area contributed by atoms with E-state index in [1.807, 2.05) is 0 Å². The van der Waals surface area contributed by atoms with Crippen molar-refractivity contribution in [2.24, 2.45) is 10.9 Å². The molecule has 0 amide bonds. The molecule has 1 aromatic heterocycles. The highest BCUT2D eigenvalue weighted by atomic mass is 127. The lowest BCUT2D eigenvalue weighted by Crippen LogP contribution is -2.39. The van der Waals surface area contributed by atoms with Gasteiger partial charge >= 0.3 is 6.18 Å². The Bertz CT molecular complexity index is 566. The lowest BCUT2D eigenvalue weighted by atomic mass is 10.1. The summed E-state index contributed by atoms with van der Waals surface area (Å²) in [6, 6.07) is 0. The summed E-state index contributed by atoms with van der Waals surface area (Å²) in [5.41, 5.74) is -0.829. The van der Waals surface area contributed by atoms with Gasteiger partial charge in [-0.3, -0.25) is 4.99 Å². The number of nitrogens with one attached hydrogen (secondary N) is 2. The van der Waals surface area contributed by atoms with Gasteiger partial charge in [-0.15, -0.1) is 35.3 Å². The second-order valence-electron chi connectivity index (χ2n) is 5.96. The first kappa shape index (κ1) is 24.4.